The van der Waals surface area contributed by atoms with Gasteiger partial charge in [-0.3, -0.25) is 14.4 Å². The van der Waals surface area contributed by atoms with Crippen molar-refractivity contribution in [3.05, 3.63) is 36.5 Å². The van der Waals surface area contributed by atoms with Gasteiger partial charge in [0.1, 0.15) is 13.2 Å². The number of unbranched alkanes of at least 4 members (excludes halogenated alkanes) is 53. The minimum atomic E-state index is -0.775. The fourth-order valence-corrected chi connectivity index (χ4v) is 11.5. The standard InChI is InChI=1S/C77H144O6/c1-4-7-10-13-16-19-22-25-28-31-34-36-37-38-39-41-43-46-49-52-55-58-61-64-67-70-76(79)82-73-74(72-81-75(78)69-66-63-60-57-54-51-48-45-42-33-30-27-24-21-18-15-12-9-6-3)83-77(80)71-68-65-62-59-56-53-50-47-44-40-35-32-29-26-23-20-17-14-11-8-5-2/h23,26-27,30,32,35,74H,4-22,24-25,28-29,31,33-34,36-73H2,1-3H3/b26-23-,30-27-,35-32-. The van der Waals surface area contributed by atoms with Gasteiger partial charge in [0.2, 0.25) is 0 Å². The number of esters is 3. The van der Waals surface area contributed by atoms with Gasteiger partial charge in [0, 0.05) is 19.3 Å². The number of carbonyl (C=O) groups is 3. The van der Waals surface area contributed by atoms with E-state index in [9.17, 15) is 14.4 Å². The van der Waals surface area contributed by atoms with Crippen LogP contribution in [0.25, 0.3) is 0 Å². The number of rotatable bonds is 70. The van der Waals surface area contributed by atoms with Crippen LogP contribution in [0.1, 0.15) is 419 Å². The van der Waals surface area contributed by atoms with E-state index in [2.05, 4.69) is 57.2 Å². The third-order valence-corrected chi connectivity index (χ3v) is 17.1. The van der Waals surface area contributed by atoms with Crippen LogP contribution >= 0.6 is 0 Å². The molecule has 0 heterocycles. The maximum absolute atomic E-state index is 13.0. The van der Waals surface area contributed by atoms with Crippen LogP contribution in [-0.4, -0.2) is 37.2 Å². The van der Waals surface area contributed by atoms with Crippen LogP contribution in [-0.2, 0) is 28.6 Å². The summed E-state index contributed by atoms with van der Waals surface area (Å²) < 4.78 is 17.0. The number of hydrogen-bond donors (Lipinski definition) is 0. The molecule has 0 aliphatic heterocycles. The van der Waals surface area contributed by atoms with Crippen molar-refractivity contribution in [2.75, 3.05) is 13.2 Å². The second-order valence-corrected chi connectivity index (χ2v) is 25.6. The Balaban J connectivity index is 4.30. The second-order valence-electron chi connectivity index (χ2n) is 25.6. The van der Waals surface area contributed by atoms with Crippen LogP contribution in [0.15, 0.2) is 36.5 Å². The SMILES string of the molecule is CCCCCCC/C=C\C/C=C\CCCCCCCCCCCC(=O)OC(COC(=O)CCCCCCCCCCC/C=C\CCCCCCCC)COC(=O)CCCCCCCCCCCCCCCCCCCCCCCCCCC. The van der Waals surface area contributed by atoms with Crippen molar-refractivity contribution in [2.24, 2.45) is 0 Å². The first-order valence-corrected chi connectivity index (χ1v) is 37.5. The van der Waals surface area contributed by atoms with E-state index in [1.165, 1.54) is 315 Å². The van der Waals surface area contributed by atoms with Gasteiger partial charge in [-0.25, -0.2) is 0 Å². The van der Waals surface area contributed by atoms with Gasteiger partial charge in [-0.1, -0.05) is 359 Å². The van der Waals surface area contributed by atoms with E-state index in [1.807, 2.05) is 0 Å². The van der Waals surface area contributed by atoms with Gasteiger partial charge in [0.25, 0.3) is 0 Å². The molecule has 0 spiro atoms. The van der Waals surface area contributed by atoms with E-state index < -0.39 is 6.10 Å². The lowest BCUT2D eigenvalue weighted by Gasteiger charge is -2.18. The molecule has 1 unspecified atom stereocenters. The second kappa shape index (κ2) is 72.1. The molecule has 0 aliphatic rings. The Morgan fingerprint density at radius 2 is 0.434 bits per heavy atom. The summed E-state index contributed by atoms with van der Waals surface area (Å²) in [6.45, 7) is 6.71. The predicted molar refractivity (Wildman–Crippen MR) is 362 cm³/mol. The molecule has 83 heavy (non-hydrogen) atoms. The van der Waals surface area contributed by atoms with Crippen LogP contribution in [0.4, 0.5) is 0 Å². The highest BCUT2D eigenvalue weighted by Crippen LogP contribution is 2.19. The van der Waals surface area contributed by atoms with Crippen molar-refractivity contribution in [3.63, 3.8) is 0 Å². The molecule has 0 radical (unpaired) electrons. The Kier molecular flexibility index (Phi) is 70.0. The zero-order valence-electron chi connectivity index (χ0n) is 56.2. The van der Waals surface area contributed by atoms with Crippen molar-refractivity contribution in [1.29, 1.82) is 0 Å². The van der Waals surface area contributed by atoms with Crippen molar-refractivity contribution < 1.29 is 28.6 Å². The quantitative estimate of drug-likeness (QED) is 0.0261. The van der Waals surface area contributed by atoms with Gasteiger partial charge in [0.05, 0.1) is 0 Å². The van der Waals surface area contributed by atoms with Crippen LogP contribution < -0.4 is 0 Å². The highest BCUT2D eigenvalue weighted by atomic mass is 16.6. The molecule has 0 aromatic rings. The predicted octanol–water partition coefficient (Wildman–Crippen LogP) is 25.9. The molecule has 6 nitrogen and oxygen atoms in total. The number of hydrogen-bond acceptors (Lipinski definition) is 6. The maximum atomic E-state index is 13.0. The first-order valence-electron chi connectivity index (χ1n) is 37.5. The third-order valence-electron chi connectivity index (χ3n) is 17.1. The molecule has 0 aliphatic carbocycles. The molecule has 0 aromatic heterocycles. The highest BCUT2D eigenvalue weighted by molar-refractivity contribution is 5.71. The summed E-state index contributed by atoms with van der Waals surface area (Å²) in [7, 11) is 0. The number of ether oxygens (including phenoxy) is 3. The van der Waals surface area contributed by atoms with Gasteiger partial charge in [-0.05, 0) is 77.0 Å². The van der Waals surface area contributed by atoms with E-state index in [-0.39, 0.29) is 31.1 Å². The fraction of sp³-hybridized carbons (Fsp3) is 0.883. The van der Waals surface area contributed by atoms with Crippen molar-refractivity contribution in [3.8, 4) is 0 Å². The molecule has 0 saturated heterocycles. The third kappa shape index (κ3) is 70.3. The Labute approximate surface area is 518 Å². The van der Waals surface area contributed by atoms with Gasteiger partial charge >= 0.3 is 17.9 Å². The molecule has 0 fully saturated rings. The normalized spacial score (nSPS) is 12.2. The molecule has 0 amide bonds. The van der Waals surface area contributed by atoms with E-state index in [0.717, 1.165) is 64.2 Å². The summed E-state index contributed by atoms with van der Waals surface area (Å²) in [4.78, 5) is 38.6. The lowest BCUT2D eigenvalue weighted by atomic mass is 10.0. The lowest BCUT2D eigenvalue weighted by Crippen LogP contribution is -2.30. The fourth-order valence-electron chi connectivity index (χ4n) is 11.5. The van der Waals surface area contributed by atoms with E-state index in [0.29, 0.717) is 19.3 Å². The Morgan fingerprint density at radius 1 is 0.241 bits per heavy atom. The molecule has 0 aromatic carbocycles. The van der Waals surface area contributed by atoms with Crippen LogP contribution in [0, 0.1) is 0 Å². The summed E-state index contributed by atoms with van der Waals surface area (Å²) in [5.74, 6) is -0.843. The molecule has 0 rings (SSSR count). The van der Waals surface area contributed by atoms with E-state index in [4.69, 9.17) is 14.2 Å². The topological polar surface area (TPSA) is 78.9 Å². The van der Waals surface area contributed by atoms with Gasteiger partial charge in [-0.15, -0.1) is 0 Å². The average Bonchev–Trinajstić information content (AvgIpc) is 3.50. The minimum Gasteiger partial charge on any atom is -0.462 e. The van der Waals surface area contributed by atoms with Gasteiger partial charge in [0.15, 0.2) is 6.10 Å². The lowest BCUT2D eigenvalue weighted by molar-refractivity contribution is -0.167. The summed E-state index contributed by atoms with van der Waals surface area (Å²) in [5.41, 5.74) is 0. The maximum Gasteiger partial charge on any atom is 0.306 e. The number of allylic oxidation sites excluding steroid dienone is 6. The van der Waals surface area contributed by atoms with Crippen molar-refractivity contribution in [1.82, 2.24) is 0 Å². The Morgan fingerprint density at radius 3 is 0.675 bits per heavy atom. The highest BCUT2D eigenvalue weighted by Gasteiger charge is 2.20. The summed E-state index contributed by atoms with van der Waals surface area (Å²) in [5, 5.41) is 0. The van der Waals surface area contributed by atoms with Crippen molar-refractivity contribution >= 4 is 17.9 Å². The molecule has 0 saturated carbocycles. The molecular weight excluding hydrogens is 1020 g/mol. The molecular formula is C77H144O6. The summed E-state index contributed by atoms with van der Waals surface area (Å²) in [6, 6.07) is 0. The first kappa shape index (κ1) is 80.6. The smallest absolute Gasteiger partial charge is 0.306 e. The van der Waals surface area contributed by atoms with Crippen LogP contribution in [0.5, 0.6) is 0 Å². The first-order chi connectivity index (χ1) is 41.0. The zero-order valence-corrected chi connectivity index (χ0v) is 56.2. The monoisotopic (exact) mass is 1170 g/mol. The van der Waals surface area contributed by atoms with Crippen LogP contribution in [0.3, 0.4) is 0 Å². The summed E-state index contributed by atoms with van der Waals surface area (Å²) in [6.07, 6.45) is 90.4. The number of carbonyl (C=O) groups excluding carboxylic acids is 3. The van der Waals surface area contributed by atoms with Gasteiger partial charge < -0.3 is 14.2 Å². The molecule has 488 valence electrons. The Hall–Kier alpha value is -2.37. The largest absolute Gasteiger partial charge is 0.462 e. The zero-order chi connectivity index (χ0) is 59.9. The van der Waals surface area contributed by atoms with Crippen molar-refractivity contribution in [2.45, 2.75) is 425 Å². The van der Waals surface area contributed by atoms with E-state index >= 15 is 0 Å². The molecule has 0 N–H and O–H groups in total. The summed E-state index contributed by atoms with van der Waals surface area (Å²) >= 11 is 0. The average molecular weight is 1170 g/mol. The van der Waals surface area contributed by atoms with Gasteiger partial charge in [-0.2, -0.15) is 0 Å². The van der Waals surface area contributed by atoms with E-state index in [1.54, 1.807) is 0 Å². The molecule has 1 atom stereocenters. The Bertz CT molecular complexity index is 1380. The van der Waals surface area contributed by atoms with Crippen LogP contribution in [0.2, 0.25) is 0 Å². The molecule has 6 heteroatoms. The minimum absolute atomic E-state index is 0.0693. The molecule has 0 bridgehead atoms.